The number of amides is 1. The fraction of sp³-hybridized carbons (Fsp3) is 0.125. The summed E-state index contributed by atoms with van der Waals surface area (Å²) in [7, 11) is 0. The second kappa shape index (κ2) is 6.46. The number of anilines is 1. The van der Waals surface area contributed by atoms with Crippen LogP contribution >= 0.6 is 23.1 Å². The summed E-state index contributed by atoms with van der Waals surface area (Å²) in [5.74, 6) is -0.453. The average Bonchev–Trinajstić information content (AvgIpc) is 2.91. The van der Waals surface area contributed by atoms with Crippen LogP contribution in [0.15, 0.2) is 52.9 Å². The number of hydrogen-bond acceptors (Lipinski definition) is 4. The molecule has 1 amide bonds. The van der Waals surface area contributed by atoms with Crippen molar-refractivity contribution in [3.63, 3.8) is 0 Å². The number of hydrogen-bond donors (Lipinski definition) is 1. The van der Waals surface area contributed by atoms with Gasteiger partial charge in [-0.05, 0) is 43.3 Å². The van der Waals surface area contributed by atoms with Gasteiger partial charge in [-0.1, -0.05) is 23.9 Å². The monoisotopic (exact) mass is 332 g/mol. The predicted molar refractivity (Wildman–Crippen MR) is 90.0 cm³/mol. The summed E-state index contributed by atoms with van der Waals surface area (Å²) in [6, 6.07) is 13.6. The van der Waals surface area contributed by atoms with Gasteiger partial charge in [0.25, 0.3) is 0 Å². The van der Waals surface area contributed by atoms with E-state index in [0.717, 1.165) is 14.6 Å². The van der Waals surface area contributed by atoms with Crippen LogP contribution in [-0.4, -0.2) is 16.1 Å². The van der Waals surface area contributed by atoms with E-state index in [1.807, 2.05) is 31.2 Å². The minimum Gasteiger partial charge on any atom is -0.325 e. The van der Waals surface area contributed by atoms with E-state index in [1.54, 1.807) is 23.5 Å². The summed E-state index contributed by atoms with van der Waals surface area (Å²) in [5.41, 5.74) is 1.53. The second-order valence-electron chi connectivity index (χ2n) is 4.70. The van der Waals surface area contributed by atoms with Crippen molar-refractivity contribution in [2.75, 3.05) is 5.32 Å². The molecule has 22 heavy (non-hydrogen) atoms. The van der Waals surface area contributed by atoms with Gasteiger partial charge in [0.1, 0.15) is 5.82 Å². The number of aromatic nitrogens is 1. The van der Waals surface area contributed by atoms with Crippen molar-refractivity contribution in [3.8, 4) is 0 Å². The third-order valence-corrected chi connectivity index (χ3v) is 5.26. The first-order valence-corrected chi connectivity index (χ1v) is 8.40. The quantitative estimate of drug-likeness (QED) is 0.712. The molecular weight excluding hydrogens is 319 g/mol. The molecule has 0 spiro atoms. The third-order valence-electron chi connectivity index (χ3n) is 3.03. The maximum Gasteiger partial charge on any atom is 0.237 e. The maximum absolute atomic E-state index is 12.8. The molecule has 0 aliphatic heterocycles. The van der Waals surface area contributed by atoms with Crippen molar-refractivity contribution in [2.45, 2.75) is 16.5 Å². The number of para-hydroxylation sites is 1. The van der Waals surface area contributed by atoms with Gasteiger partial charge in [0.05, 0.1) is 15.5 Å². The van der Waals surface area contributed by atoms with Crippen LogP contribution in [0.2, 0.25) is 0 Å². The Balaban J connectivity index is 1.66. The summed E-state index contributed by atoms with van der Waals surface area (Å²) >= 11 is 2.99. The Hall–Kier alpha value is -1.92. The van der Waals surface area contributed by atoms with Crippen molar-refractivity contribution in [1.82, 2.24) is 4.98 Å². The highest BCUT2D eigenvalue weighted by atomic mass is 32.2. The number of thiazole rings is 1. The molecule has 3 aromatic rings. The number of benzene rings is 2. The van der Waals surface area contributed by atoms with Gasteiger partial charge >= 0.3 is 0 Å². The molecule has 1 atom stereocenters. The number of carbonyl (C=O) groups is 1. The van der Waals surface area contributed by atoms with Crippen molar-refractivity contribution in [1.29, 1.82) is 0 Å². The second-order valence-corrected chi connectivity index (χ2v) is 7.32. The van der Waals surface area contributed by atoms with Gasteiger partial charge in [-0.15, -0.1) is 11.3 Å². The first-order valence-electron chi connectivity index (χ1n) is 6.70. The molecular formula is C16H13FN2OS2. The molecule has 1 aromatic heterocycles. The minimum absolute atomic E-state index is 0.129. The van der Waals surface area contributed by atoms with Crippen LogP contribution in [0.1, 0.15) is 6.92 Å². The van der Waals surface area contributed by atoms with Gasteiger partial charge in [0, 0.05) is 5.69 Å². The first kappa shape index (κ1) is 15.0. The van der Waals surface area contributed by atoms with Crippen LogP contribution in [-0.2, 0) is 4.79 Å². The standard InChI is InChI=1S/C16H13FN2OS2/c1-10(15(20)18-12-8-6-11(17)7-9-12)21-16-19-13-4-2-3-5-14(13)22-16/h2-10H,1H3,(H,18,20)/t10-/m1/s1. The van der Waals surface area contributed by atoms with E-state index >= 15 is 0 Å². The number of nitrogens with zero attached hydrogens (tertiary/aromatic N) is 1. The minimum atomic E-state index is -0.324. The molecule has 1 heterocycles. The van der Waals surface area contributed by atoms with Crippen LogP contribution < -0.4 is 5.32 Å². The zero-order valence-corrected chi connectivity index (χ0v) is 13.4. The highest BCUT2D eigenvalue weighted by Gasteiger charge is 2.17. The van der Waals surface area contributed by atoms with Crippen molar-refractivity contribution in [2.24, 2.45) is 0 Å². The Labute approximate surface area is 135 Å². The van der Waals surface area contributed by atoms with E-state index in [4.69, 9.17) is 0 Å². The van der Waals surface area contributed by atoms with E-state index in [2.05, 4.69) is 10.3 Å². The van der Waals surface area contributed by atoms with Gasteiger partial charge < -0.3 is 5.32 Å². The molecule has 0 radical (unpaired) electrons. The molecule has 0 aliphatic carbocycles. The molecule has 3 rings (SSSR count). The van der Waals surface area contributed by atoms with Crippen molar-refractivity contribution < 1.29 is 9.18 Å². The van der Waals surface area contributed by atoms with Crippen LogP contribution in [0.25, 0.3) is 10.2 Å². The fourth-order valence-corrected chi connectivity index (χ4v) is 4.09. The normalized spacial score (nSPS) is 12.3. The lowest BCUT2D eigenvalue weighted by molar-refractivity contribution is -0.115. The predicted octanol–water partition coefficient (Wildman–Crippen LogP) is 4.55. The lowest BCUT2D eigenvalue weighted by Crippen LogP contribution is -2.22. The number of fused-ring (bicyclic) bond motifs is 1. The highest BCUT2D eigenvalue weighted by molar-refractivity contribution is 8.02. The number of halogens is 1. The number of nitrogens with one attached hydrogen (secondary N) is 1. The summed E-state index contributed by atoms with van der Waals surface area (Å²) < 4.78 is 14.8. The molecule has 0 saturated carbocycles. The Kier molecular flexibility index (Phi) is 4.40. The van der Waals surface area contributed by atoms with Crippen molar-refractivity contribution >= 4 is 44.9 Å². The zero-order valence-electron chi connectivity index (χ0n) is 11.7. The smallest absolute Gasteiger partial charge is 0.237 e. The molecule has 1 N–H and O–H groups in total. The van der Waals surface area contributed by atoms with Crippen molar-refractivity contribution in [3.05, 3.63) is 54.3 Å². The molecule has 6 heteroatoms. The molecule has 112 valence electrons. The Morgan fingerprint density at radius 2 is 1.95 bits per heavy atom. The molecule has 3 nitrogen and oxygen atoms in total. The lowest BCUT2D eigenvalue weighted by Gasteiger charge is -2.10. The Bertz CT molecular complexity index is 768. The number of thioether (sulfide) groups is 1. The molecule has 0 bridgehead atoms. The first-order chi connectivity index (χ1) is 10.6. The Morgan fingerprint density at radius 1 is 1.23 bits per heavy atom. The Morgan fingerprint density at radius 3 is 2.68 bits per heavy atom. The van der Waals surface area contributed by atoms with Gasteiger partial charge in [-0.2, -0.15) is 0 Å². The summed E-state index contributed by atoms with van der Waals surface area (Å²) in [4.78, 5) is 16.7. The van der Waals surface area contributed by atoms with E-state index in [9.17, 15) is 9.18 Å². The largest absolute Gasteiger partial charge is 0.325 e. The summed E-state index contributed by atoms with van der Waals surface area (Å²) in [6.45, 7) is 1.83. The number of rotatable bonds is 4. The van der Waals surface area contributed by atoms with E-state index < -0.39 is 0 Å². The highest BCUT2D eigenvalue weighted by Crippen LogP contribution is 2.32. The maximum atomic E-state index is 12.8. The summed E-state index contributed by atoms with van der Waals surface area (Å²) in [5, 5.41) is 2.49. The number of carbonyl (C=O) groups excluding carboxylic acids is 1. The molecule has 0 fully saturated rings. The SMILES string of the molecule is C[C@@H](Sc1nc2ccccc2s1)C(=O)Nc1ccc(F)cc1. The van der Waals surface area contributed by atoms with Gasteiger partial charge in [0.15, 0.2) is 4.34 Å². The summed E-state index contributed by atoms with van der Waals surface area (Å²) in [6.07, 6.45) is 0. The molecule has 0 aliphatic rings. The van der Waals surface area contributed by atoms with Crippen LogP contribution in [0.4, 0.5) is 10.1 Å². The molecule has 2 aromatic carbocycles. The topological polar surface area (TPSA) is 42.0 Å². The van der Waals surface area contributed by atoms with Crippen LogP contribution in [0.5, 0.6) is 0 Å². The van der Waals surface area contributed by atoms with Gasteiger partial charge in [-0.25, -0.2) is 9.37 Å². The fourth-order valence-electron chi connectivity index (χ4n) is 1.88. The van der Waals surface area contributed by atoms with Gasteiger partial charge in [0.2, 0.25) is 5.91 Å². The zero-order chi connectivity index (χ0) is 15.5. The third kappa shape index (κ3) is 3.45. The van der Waals surface area contributed by atoms with Gasteiger partial charge in [-0.3, -0.25) is 4.79 Å². The van der Waals surface area contributed by atoms with E-state index in [1.165, 1.54) is 23.9 Å². The van der Waals surface area contributed by atoms with E-state index in [0.29, 0.717) is 5.69 Å². The van der Waals surface area contributed by atoms with E-state index in [-0.39, 0.29) is 17.0 Å². The average molecular weight is 332 g/mol. The lowest BCUT2D eigenvalue weighted by atomic mass is 10.3. The van der Waals surface area contributed by atoms with Crippen LogP contribution in [0, 0.1) is 5.82 Å². The molecule has 0 saturated heterocycles. The van der Waals surface area contributed by atoms with Crippen LogP contribution in [0.3, 0.4) is 0 Å². The molecule has 0 unspecified atom stereocenters.